The molecule has 0 bridgehead atoms. The maximum atomic E-state index is 13.1. The smallest absolute Gasteiger partial charge is 0.274 e. The van der Waals surface area contributed by atoms with Gasteiger partial charge in [-0.25, -0.2) is 0 Å². The van der Waals surface area contributed by atoms with Crippen LogP contribution in [0.25, 0.3) is 23.2 Å². The zero-order chi connectivity index (χ0) is 20.9. The summed E-state index contributed by atoms with van der Waals surface area (Å²) in [5.41, 5.74) is 0.891. The van der Waals surface area contributed by atoms with Crippen LogP contribution in [0.15, 0.2) is 77.4 Å². The Labute approximate surface area is 169 Å². The maximum Gasteiger partial charge on any atom is 0.274 e. The highest BCUT2D eigenvalue weighted by molar-refractivity contribution is 6.24. The van der Waals surface area contributed by atoms with Gasteiger partial charge in [0, 0.05) is 29.5 Å². The van der Waals surface area contributed by atoms with E-state index < -0.39 is 10.8 Å². The van der Waals surface area contributed by atoms with E-state index in [1.807, 2.05) is 30.3 Å². The number of carbonyl (C=O) groups is 1. The molecule has 148 valence electrons. The second-order valence-corrected chi connectivity index (χ2v) is 6.09. The molecular weight excluding hydrogens is 388 g/mol. The van der Waals surface area contributed by atoms with Gasteiger partial charge < -0.3 is 9.73 Å². The van der Waals surface area contributed by atoms with Gasteiger partial charge in [0.05, 0.1) is 11.2 Å². The summed E-state index contributed by atoms with van der Waals surface area (Å²) in [4.78, 5) is 23.6. The van der Waals surface area contributed by atoms with E-state index in [4.69, 9.17) is 4.42 Å². The fraction of sp³-hybridized carbons (Fsp3) is 0. The van der Waals surface area contributed by atoms with Crippen LogP contribution in [0.5, 0.6) is 0 Å². The summed E-state index contributed by atoms with van der Waals surface area (Å²) in [6.07, 6.45) is 2.95. The van der Waals surface area contributed by atoms with Gasteiger partial charge >= 0.3 is 0 Å². The minimum Gasteiger partial charge on any atom is -0.465 e. The Balaban J connectivity index is 1.74. The molecule has 0 unspecified atom stereocenters. The van der Waals surface area contributed by atoms with Crippen LogP contribution in [-0.4, -0.2) is 31.0 Å². The molecule has 0 aliphatic heterocycles. The molecule has 4 rings (SSSR count). The van der Waals surface area contributed by atoms with Crippen molar-refractivity contribution >= 4 is 29.1 Å². The Morgan fingerprint density at radius 3 is 2.67 bits per heavy atom. The number of nitrogens with zero attached hydrogens (tertiary/aromatic N) is 5. The third-order valence-corrected chi connectivity index (χ3v) is 4.10. The molecule has 10 nitrogen and oxygen atoms in total. The van der Waals surface area contributed by atoms with E-state index in [0.29, 0.717) is 17.1 Å². The number of anilines is 1. The summed E-state index contributed by atoms with van der Waals surface area (Å²) >= 11 is 0. The number of hydrogen-bond acceptors (Lipinski definition) is 7. The van der Waals surface area contributed by atoms with Crippen LogP contribution in [0.4, 0.5) is 11.4 Å². The Kier molecular flexibility index (Phi) is 5.12. The molecule has 0 aliphatic rings. The average Bonchev–Trinajstić information content (AvgIpc) is 3.45. The lowest BCUT2D eigenvalue weighted by Crippen LogP contribution is -2.19. The predicted molar refractivity (Wildman–Crippen MR) is 108 cm³/mol. The first-order chi connectivity index (χ1) is 14.6. The maximum absolute atomic E-state index is 13.1. The van der Waals surface area contributed by atoms with Gasteiger partial charge in [-0.3, -0.25) is 14.9 Å². The first-order valence-electron chi connectivity index (χ1n) is 8.77. The van der Waals surface area contributed by atoms with Gasteiger partial charge in [-0.2, -0.15) is 4.68 Å². The summed E-state index contributed by atoms with van der Waals surface area (Å²) in [6.45, 7) is 0. The summed E-state index contributed by atoms with van der Waals surface area (Å²) in [6, 6.07) is 18.1. The highest BCUT2D eigenvalue weighted by Crippen LogP contribution is 2.23. The van der Waals surface area contributed by atoms with Gasteiger partial charge in [0.2, 0.25) is 0 Å². The molecule has 30 heavy (non-hydrogen) atoms. The Hall–Kier alpha value is -4.60. The van der Waals surface area contributed by atoms with Crippen LogP contribution < -0.4 is 5.32 Å². The second kappa shape index (κ2) is 8.19. The van der Waals surface area contributed by atoms with Crippen molar-refractivity contribution in [1.29, 1.82) is 0 Å². The van der Waals surface area contributed by atoms with Crippen molar-refractivity contribution < 1.29 is 14.1 Å². The molecule has 1 N–H and O–H groups in total. The molecule has 0 spiro atoms. The van der Waals surface area contributed by atoms with E-state index in [1.165, 1.54) is 35.2 Å². The lowest BCUT2D eigenvalue weighted by atomic mass is 10.2. The normalized spacial score (nSPS) is 11.3. The molecule has 0 saturated carbocycles. The van der Waals surface area contributed by atoms with E-state index in [0.717, 1.165) is 0 Å². The van der Waals surface area contributed by atoms with Crippen LogP contribution in [-0.2, 0) is 4.79 Å². The SMILES string of the molecule is O=C(Nc1cccc([N+](=O)[O-])c1)/C(=C/c1ccco1)n1nnnc1-c1ccccc1. The van der Waals surface area contributed by atoms with E-state index in [1.54, 1.807) is 18.2 Å². The number of amides is 1. The second-order valence-electron chi connectivity index (χ2n) is 6.09. The fourth-order valence-electron chi connectivity index (χ4n) is 2.74. The largest absolute Gasteiger partial charge is 0.465 e. The van der Waals surface area contributed by atoms with Crippen molar-refractivity contribution in [1.82, 2.24) is 20.2 Å². The van der Waals surface area contributed by atoms with Crippen LogP contribution >= 0.6 is 0 Å². The van der Waals surface area contributed by atoms with Crippen molar-refractivity contribution in [2.24, 2.45) is 0 Å². The van der Waals surface area contributed by atoms with Gasteiger partial charge in [0.15, 0.2) is 5.82 Å². The van der Waals surface area contributed by atoms with E-state index in [9.17, 15) is 14.9 Å². The monoisotopic (exact) mass is 402 g/mol. The minimum atomic E-state index is -0.573. The lowest BCUT2D eigenvalue weighted by Gasteiger charge is -2.10. The summed E-state index contributed by atoms with van der Waals surface area (Å²) < 4.78 is 6.61. The minimum absolute atomic E-state index is 0.0697. The number of nitro groups is 1. The van der Waals surface area contributed by atoms with Crippen molar-refractivity contribution in [3.05, 3.63) is 88.9 Å². The molecule has 0 saturated heterocycles. The number of aromatic nitrogens is 4. The Bertz CT molecular complexity index is 1220. The highest BCUT2D eigenvalue weighted by atomic mass is 16.6. The first kappa shape index (κ1) is 18.7. The molecule has 0 atom stereocenters. The first-order valence-corrected chi connectivity index (χ1v) is 8.77. The molecule has 10 heteroatoms. The number of hydrogen-bond donors (Lipinski definition) is 1. The van der Waals surface area contributed by atoms with Crippen LogP contribution in [0.1, 0.15) is 5.76 Å². The van der Waals surface area contributed by atoms with Crippen molar-refractivity contribution in [2.75, 3.05) is 5.32 Å². The van der Waals surface area contributed by atoms with Crippen molar-refractivity contribution in [3.63, 3.8) is 0 Å². The standard InChI is InChI=1S/C20H14N6O4/c27-20(21-15-8-4-9-16(12-15)26(28)29)18(13-17-10-5-11-30-17)25-19(22-23-24-25)14-6-2-1-3-7-14/h1-13H,(H,21,27)/b18-13-. The molecule has 2 heterocycles. The zero-order valence-electron chi connectivity index (χ0n) is 15.4. The van der Waals surface area contributed by atoms with Gasteiger partial charge in [0.1, 0.15) is 11.5 Å². The number of benzene rings is 2. The molecular formula is C20H14N6O4. The topological polar surface area (TPSA) is 129 Å². The summed E-state index contributed by atoms with van der Waals surface area (Å²) in [5, 5.41) is 25.3. The number of furan rings is 1. The molecule has 4 aromatic rings. The number of carbonyl (C=O) groups excluding carboxylic acids is 1. The predicted octanol–water partition coefficient (Wildman–Crippen LogP) is 3.48. The van der Waals surface area contributed by atoms with Gasteiger partial charge in [-0.15, -0.1) is 5.10 Å². The zero-order valence-corrected chi connectivity index (χ0v) is 15.4. The number of nitro benzene ring substituents is 1. The molecule has 2 aromatic carbocycles. The van der Waals surface area contributed by atoms with Crippen LogP contribution in [0.2, 0.25) is 0 Å². The number of nitrogens with one attached hydrogen (secondary N) is 1. The quantitative estimate of drug-likeness (QED) is 0.297. The molecule has 0 aliphatic carbocycles. The number of rotatable bonds is 6. The fourth-order valence-corrected chi connectivity index (χ4v) is 2.74. The van der Waals surface area contributed by atoms with E-state index >= 15 is 0 Å². The van der Waals surface area contributed by atoms with Gasteiger partial charge in [-0.05, 0) is 28.6 Å². The number of tetrazole rings is 1. The van der Waals surface area contributed by atoms with E-state index in [-0.39, 0.29) is 17.1 Å². The molecule has 0 radical (unpaired) electrons. The molecule has 1 amide bonds. The lowest BCUT2D eigenvalue weighted by molar-refractivity contribution is -0.384. The average molecular weight is 402 g/mol. The van der Waals surface area contributed by atoms with Crippen molar-refractivity contribution in [2.45, 2.75) is 0 Å². The third-order valence-electron chi connectivity index (χ3n) is 4.10. The summed E-state index contributed by atoms with van der Waals surface area (Å²) in [7, 11) is 0. The van der Waals surface area contributed by atoms with Crippen LogP contribution in [0, 0.1) is 10.1 Å². The number of non-ortho nitro benzene ring substituents is 1. The Morgan fingerprint density at radius 2 is 1.93 bits per heavy atom. The van der Waals surface area contributed by atoms with Crippen LogP contribution in [0.3, 0.4) is 0 Å². The molecule has 2 aromatic heterocycles. The third kappa shape index (κ3) is 3.97. The van der Waals surface area contributed by atoms with E-state index in [2.05, 4.69) is 20.8 Å². The Morgan fingerprint density at radius 1 is 1.10 bits per heavy atom. The highest BCUT2D eigenvalue weighted by Gasteiger charge is 2.20. The van der Waals surface area contributed by atoms with Gasteiger partial charge in [-0.1, -0.05) is 36.4 Å². The summed E-state index contributed by atoms with van der Waals surface area (Å²) in [5.74, 6) is 0.188. The van der Waals surface area contributed by atoms with Crippen molar-refractivity contribution in [3.8, 4) is 11.4 Å². The van der Waals surface area contributed by atoms with Gasteiger partial charge in [0.25, 0.3) is 11.6 Å². The molecule has 0 fully saturated rings.